The van der Waals surface area contributed by atoms with Crippen LogP contribution in [0, 0.1) is 15.9 Å². The normalized spacial score (nSPS) is 11.6. The molecule has 0 aromatic heterocycles. The van der Waals surface area contributed by atoms with Gasteiger partial charge in [0.25, 0.3) is 0 Å². The molecule has 0 saturated carbocycles. The summed E-state index contributed by atoms with van der Waals surface area (Å²) < 4.78 is 13.2. The Labute approximate surface area is 132 Å². The van der Waals surface area contributed by atoms with Crippen LogP contribution in [0.4, 0.5) is 15.8 Å². The Balaban J connectivity index is 1.92. The number of hydrogen-bond acceptors (Lipinski definition) is 4. The van der Waals surface area contributed by atoms with Crippen LogP contribution >= 0.6 is 0 Å². The van der Waals surface area contributed by atoms with Crippen LogP contribution in [0.2, 0.25) is 0 Å². The van der Waals surface area contributed by atoms with E-state index in [9.17, 15) is 19.3 Å². The lowest BCUT2D eigenvalue weighted by Gasteiger charge is -2.15. The summed E-state index contributed by atoms with van der Waals surface area (Å²) in [5, 5.41) is 16.2. The zero-order valence-corrected chi connectivity index (χ0v) is 12.5. The summed E-state index contributed by atoms with van der Waals surface area (Å²) in [5.41, 5.74) is 0.645. The number of carbonyl (C=O) groups is 1. The molecule has 0 bridgehead atoms. The predicted octanol–water partition coefficient (Wildman–Crippen LogP) is 3.02. The van der Waals surface area contributed by atoms with E-state index in [1.165, 1.54) is 6.07 Å². The van der Waals surface area contributed by atoms with E-state index in [0.29, 0.717) is 5.69 Å². The molecule has 2 aromatic rings. The van der Waals surface area contributed by atoms with E-state index in [4.69, 9.17) is 0 Å². The first-order valence-corrected chi connectivity index (χ1v) is 6.99. The highest BCUT2D eigenvalue weighted by Gasteiger charge is 2.15. The average molecular weight is 317 g/mol. The Bertz CT molecular complexity index is 707. The molecule has 2 aromatic carbocycles. The lowest BCUT2D eigenvalue weighted by molar-refractivity contribution is -0.387. The Morgan fingerprint density at radius 1 is 1.26 bits per heavy atom. The molecule has 1 atom stereocenters. The number of rotatable bonds is 6. The second-order valence-corrected chi connectivity index (χ2v) is 4.98. The minimum atomic E-state index is -0.914. The molecule has 0 aliphatic rings. The van der Waals surface area contributed by atoms with E-state index < -0.39 is 16.4 Å². The van der Waals surface area contributed by atoms with Gasteiger partial charge in [-0.25, -0.2) is 0 Å². The first-order valence-electron chi connectivity index (χ1n) is 6.99. The van der Waals surface area contributed by atoms with E-state index in [1.54, 1.807) is 0 Å². The van der Waals surface area contributed by atoms with Crippen molar-refractivity contribution in [2.45, 2.75) is 13.0 Å². The highest BCUT2D eigenvalue weighted by atomic mass is 19.1. The quantitative estimate of drug-likeness (QED) is 0.633. The number of nitro groups is 1. The maximum Gasteiger partial charge on any atom is 0.306 e. The smallest absolute Gasteiger partial charge is 0.306 e. The van der Waals surface area contributed by atoms with Gasteiger partial charge in [-0.15, -0.1) is 0 Å². The van der Waals surface area contributed by atoms with E-state index in [2.05, 4.69) is 10.6 Å². The maximum atomic E-state index is 13.2. The van der Waals surface area contributed by atoms with Crippen molar-refractivity contribution in [1.29, 1.82) is 0 Å². The van der Waals surface area contributed by atoms with Crippen LogP contribution in [0.3, 0.4) is 0 Å². The van der Waals surface area contributed by atoms with Gasteiger partial charge in [0.1, 0.15) is 0 Å². The standard InChI is InChI=1S/C16H16FN3O3/c1-11(12-5-3-2-4-6-12)19-16(21)10-18-13-7-8-14(17)15(9-13)20(22)23/h2-9,11,18H,10H2,1H3,(H,19,21). The third-order valence-electron chi connectivity index (χ3n) is 3.27. The molecule has 1 amide bonds. The summed E-state index contributed by atoms with van der Waals surface area (Å²) in [5.74, 6) is -1.18. The monoisotopic (exact) mass is 317 g/mol. The summed E-state index contributed by atoms with van der Waals surface area (Å²) in [6.07, 6.45) is 0. The van der Waals surface area contributed by atoms with Crippen molar-refractivity contribution in [1.82, 2.24) is 5.32 Å². The molecule has 0 heterocycles. The number of halogens is 1. The fraction of sp³-hybridized carbons (Fsp3) is 0.188. The zero-order valence-electron chi connectivity index (χ0n) is 12.5. The third kappa shape index (κ3) is 4.50. The van der Waals surface area contributed by atoms with Gasteiger partial charge in [-0.1, -0.05) is 30.3 Å². The van der Waals surface area contributed by atoms with Crippen LogP contribution in [0.1, 0.15) is 18.5 Å². The van der Waals surface area contributed by atoms with Crippen LogP contribution in [0.15, 0.2) is 48.5 Å². The van der Waals surface area contributed by atoms with Crippen LogP contribution < -0.4 is 10.6 Å². The number of nitrogens with one attached hydrogen (secondary N) is 2. The fourth-order valence-electron chi connectivity index (χ4n) is 2.06. The third-order valence-corrected chi connectivity index (χ3v) is 3.27. The van der Waals surface area contributed by atoms with E-state index in [-0.39, 0.29) is 18.5 Å². The summed E-state index contributed by atoms with van der Waals surface area (Å²) >= 11 is 0. The molecule has 0 aliphatic heterocycles. The molecule has 2 N–H and O–H groups in total. The van der Waals surface area contributed by atoms with Crippen LogP contribution in [0.5, 0.6) is 0 Å². The Morgan fingerprint density at radius 3 is 2.61 bits per heavy atom. The zero-order chi connectivity index (χ0) is 16.8. The number of nitrogens with zero attached hydrogens (tertiary/aromatic N) is 1. The molecular formula is C16H16FN3O3. The SMILES string of the molecule is CC(NC(=O)CNc1ccc(F)c([N+](=O)[O-])c1)c1ccccc1. The molecule has 1 unspecified atom stereocenters. The number of carbonyl (C=O) groups excluding carboxylic acids is 1. The van der Waals surface area contributed by atoms with Crippen molar-refractivity contribution >= 4 is 17.3 Å². The molecule has 120 valence electrons. The Hall–Kier alpha value is -2.96. The van der Waals surface area contributed by atoms with Crippen molar-refractivity contribution in [3.05, 3.63) is 70.0 Å². The van der Waals surface area contributed by atoms with Crippen molar-refractivity contribution in [3.63, 3.8) is 0 Å². The number of anilines is 1. The summed E-state index contributed by atoms with van der Waals surface area (Å²) in [6, 6.07) is 12.7. The number of benzene rings is 2. The molecular weight excluding hydrogens is 301 g/mol. The lowest BCUT2D eigenvalue weighted by Crippen LogP contribution is -2.32. The van der Waals surface area contributed by atoms with Gasteiger partial charge < -0.3 is 10.6 Å². The highest BCUT2D eigenvalue weighted by molar-refractivity contribution is 5.81. The largest absolute Gasteiger partial charge is 0.376 e. The summed E-state index contributed by atoms with van der Waals surface area (Å²) in [7, 11) is 0. The number of hydrogen-bond donors (Lipinski definition) is 2. The van der Waals surface area contributed by atoms with Crippen LogP contribution in [0.25, 0.3) is 0 Å². The van der Waals surface area contributed by atoms with Gasteiger partial charge in [0, 0.05) is 11.8 Å². The van der Waals surface area contributed by atoms with Gasteiger partial charge in [-0.05, 0) is 24.6 Å². The van der Waals surface area contributed by atoms with Crippen LogP contribution in [-0.2, 0) is 4.79 Å². The molecule has 0 spiro atoms. The minimum Gasteiger partial charge on any atom is -0.376 e. The molecule has 7 heteroatoms. The van der Waals surface area contributed by atoms with Gasteiger partial charge in [0.2, 0.25) is 11.7 Å². The van der Waals surface area contributed by atoms with Crippen LogP contribution in [-0.4, -0.2) is 17.4 Å². The Morgan fingerprint density at radius 2 is 1.96 bits per heavy atom. The molecule has 0 radical (unpaired) electrons. The first-order chi connectivity index (χ1) is 11.0. The van der Waals surface area contributed by atoms with Gasteiger partial charge in [-0.3, -0.25) is 14.9 Å². The van der Waals surface area contributed by atoms with Gasteiger partial charge in [0.15, 0.2) is 0 Å². The lowest BCUT2D eigenvalue weighted by atomic mass is 10.1. The number of nitro benzene ring substituents is 1. The predicted molar refractivity (Wildman–Crippen MR) is 84.5 cm³/mol. The average Bonchev–Trinajstić information content (AvgIpc) is 2.54. The van der Waals surface area contributed by atoms with E-state index >= 15 is 0 Å². The molecule has 0 fully saturated rings. The second-order valence-electron chi connectivity index (χ2n) is 4.98. The van der Waals surface area contributed by atoms with Crippen molar-refractivity contribution in [2.24, 2.45) is 0 Å². The van der Waals surface area contributed by atoms with Gasteiger partial charge in [0.05, 0.1) is 17.5 Å². The topological polar surface area (TPSA) is 84.3 Å². The van der Waals surface area contributed by atoms with E-state index in [0.717, 1.165) is 17.7 Å². The molecule has 2 rings (SSSR count). The fourth-order valence-corrected chi connectivity index (χ4v) is 2.06. The molecule has 6 nitrogen and oxygen atoms in total. The highest BCUT2D eigenvalue weighted by Crippen LogP contribution is 2.21. The van der Waals surface area contributed by atoms with Gasteiger partial charge >= 0.3 is 5.69 Å². The summed E-state index contributed by atoms with van der Waals surface area (Å²) in [4.78, 5) is 21.8. The van der Waals surface area contributed by atoms with E-state index in [1.807, 2.05) is 37.3 Å². The maximum absolute atomic E-state index is 13.2. The number of amides is 1. The summed E-state index contributed by atoms with van der Waals surface area (Å²) in [6.45, 7) is 1.79. The van der Waals surface area contributed by atoms with Crippen molar-refractivity contribution in [2.75, 3.05) is 11.9 Å². The molecule has 0 aliphatic carbocycles. The molecule has 0 saturated heterocycles. The first kappa shape index (κ1) is 16.4. The van der Waals surface area contributed by atoms with Crippen molar-refractivity contribution < 1.29 is 14.1 Å². The van der Waals surface area contributed by atoms with Crippen molar-refractivity contribution in [3.8, 4) is 0 Å². The van der Waals surface area contributed by atoms with Gasteiger partial charge in [-0.2, -0.15) is 4.39 Å². The second kappa shape index (κ2) is 7.35. The Kier molecular flexibility index (Phi) is 5.24. The minimum absolute atomic E-state index is 0.0695. The molecule has 23 heavy (non-hydrogen) atoms.